The molecule has 124 valence electrons. The van der Waals surface area contributed by atoms with E-state index in [0.29, 0.717) is 12.1 Å². The van der Waals surface area contributed by atoms with Crippen LogP contribution in [0.3, 0.4) is 0 Å². The first-order valence-electron chi connectivity index (χ1n) is 7.24. The first-order chi connectivity index (χ1) is 10.8. The molecular weight excluding hydrogens is 314 g/mol. The summed E-state index contributed by atoms with van der Waals surface area (Å²) in [5.41, 5.74) is 2.38. The standard InChI is InChI=1S/C16H21N3O3S/c1-11-9-19-16(10-18-11)15(12(2)23(17,20)21)8-13-4-6-14(22-3)7-5-13/h4-7,9-10,12,15H,8H2,1-3H3,(H2,17,20,21). The maximum absolute atomic E-state index is 11.8. The van der Waals surface area contributed by atoms with E-state index in [0.717, 1.165) is 17.0 Å². The number of nitrogens with two attached hydrogens (primary N) is 1. The van der Waals surface area contributed by atoms with Crippen molar-refractivity contribution in [3.63, 3.8) is 0 Å². The quantitative estimate of drug-likeness (QED) is 0.868. The number of hydrogen-bond acceptors (Lipinski definition) is 5. The van der Waals surface area contributed by atoms with Gasteiger partial charge in [-0.15, -0.1) is 0 Å². The molecule has 1 aromatic heterocycles. The molecule has 0 aliphatic rings. The van der Waals surface area contributed by atoms with Gasteiger partial charge in [0.2, 0.25) is 10.0 Å². The maximum atomic E-state index is 11.8. The molecule has 0 bridgehead atoms. The number of hydrogen-bond donors (Lipinski definition) is 1. The van der Waals surface area contributed by atoms with Gasteiger partial charge in [-0.2, -0.15) is 0 Å². The number of nitrogens with zero attached hydrogens (tertiary/aromatic N) is 2. The zero-order valence-electron chi connectivity index (χ0n) is 13.4. The zero-order chi connectivity index (χ0) is 17.0. The molecule has 0 spiro atoms. The molecule has 2 unspecified atom stereocenters. The SMILES string of the molecule is COc1ccc(CC(c2cnc(C)cn2)C(C)S(N)(=O)=O)cc1. The van der Waals surface area contributed by atoms with Gasteiger partial charge in [-0.05, 0) is 38.0 Å². The number of primary sulfonamides is 1. The molecule has 2 rings (SSSR count). The van der Waals surface area contributed by atoms with Crippen LogP contribution in [0.25, 0.3) is 0 Å². The molecule has 0 saturated heterocycles. The highest BCUT2D eigenvalue weighted by atomic mass is 32.2. The van der Waals surface area contributed by atoms with Crippen LogP contribution < -0.4 is 9.88 Å². The molecular formula is C16H21N3O3S. The molecule has 0 aliphatic carbocycles. The Balaban J connectivity index is 2.34. The highest BCUT2D eigenvalue weighted by molar-refractivity contribution is 7.89. The van der Waals surface area contributed by atoms with Gasteiger partial charge < -0.3 is 4.74 Å². The van der Waals surface area contributed by atoms with E-state index >= 15 is 0 Å². The Hall–Kier alpha value is -1.99. The van der Waals surface area contributed by atoms with Gasteiger partial charge in [-0.3, -0.25) is 9.97 Å². The average molecular weight is 335 g/mol. The molecule has 1 heterocycles. The summed E-state index contributed by atoms with van der Waals surface area (Å²) < 4.78 is 28.8. The predicted octanol–water partition coefficient (Wildman–Crippen LogP) is 1.80. The molecule has 2 aromatic rings. The lowest BCUT2D eigenvalue weighted by atomic mass is 9.93. The summed E-state index contributed by atoms with van der Waals surface area (Å²) in [6.45, 7) is 3.43. The van der Waals surface area contributed by atoms with E-state index in [1.54, 1.807) is 26.4 Å². The van der Waals surface area contributed by atoms with E-state index in [-0.39, 0.29) is 5.92 Å². The number of methoxy groups -OCH3 is 1. The predicted molar refractivity (Wildman–Crippen MR) is 88.8 cm³/mol. The van der Waals surface area contributed by atoms with Gasteiger partial charge in [0.05, 0.1) is 23.7 Å². The second-order valence-electron chi connectivity index (χ2n) is 5.54. The van der Waals surface area contributed by atoms with Gasteiger partial charge in [0, 0.05) is 18.3 Å². The molecule has 23 heavy (non-hydrogen) atoms. The molecule has 0 radical (unpaired) electrons. The second kappa shape index (κ2) is 7.06. The number of ether oxygens (including phenoxy) is 1. The van der Waals surface area contributed by atoms with Crippen molar-refractivity contribution in [3.8, 4) is 5.75 Å². The highest BCUT2D eigenvalue weighted by Gasteiger charge is 2.29. The summed E-state index contributed by atoms with van der Waals surface area (Å²) in [7, 11) is -2.09. The molecule has 6 nitrogen and oxygen atoms in total. The Kier molecular flexibility index (Phi) is 5.33. The van der Waals surface area contributed by atoms with Crippen molar-refractivity contribution in [1.82, 2.24) is 9.97 Å². The van der Waals surface area contributed by atoms with Crippen LogP contribution in [-0.2, 0) is 16.4 Å². The van der Waals surface area contributed by atoms with Crippen molar-refractivity contribution in [2.45, 2.75) is 31.4 Å². The topological polar surface area (TPSA) is 95.2 Å². The third-order valence-corrected chi connectivity index (χ3v) is 5.25. The highest BCUT2D eigenvalue weighted by Crippen LogP contribution is 2.27. The summed E-state index contributed by atoms with van der Waals surface area (Å²) in [5, 5.41) is 4.59. The van der Waals surface area contributed by atoms with Crippen molar-refractivity contribution < 1.29 is 13.2 Å². The number of rotatable bonds is 6. The van der Waals surface area contributed by atoms with Crippen LogP contribution in [0.5, 0.6) is 5.75 Å². The molecule has 0 saturated carbocycles. The van der Waals surface area contributed by atoms with E-state index in [1.807, 2.05) is 31.2 Å². The van der Waals surface area contributed by atoms with Gasteiger partial charge >= 0.3 is 0 Å². The molecule has 0 aliphatic heterocycles. The maximum Gasteiger partial charge on any atom is 0.212 e. The fraction of sp³-hybridized carbons (Fsp3) is 0.375. The number of benzene rings is 1. The van der Waals surface area contributed by atoms with Crippen LogP contribution in [0.2, 0.25) is 0 Å². The van der Waals surface area contributed by atoms with Crippen LogP contribution >= 0.6 is 0 Å². The third-order valence-electron chi connectivity index (χ3n) is 3.88. The van der Waals surface area contributed by atoms with Crippen LogP contribution in [0.1, 0.15) is 29.8 Å². The smallest absolute Gasteiger partial charge is 0.212 e. The lowest BCUT2D eigenvalue weighted by Gasteiger charge is -2.22. The lowest BCUT2D eigenvalue weighted by Crippen LogP contribution is -2.33. The van der Waals surface area contributed by atoms with Gasteiger partial charge in [0.25, 0.3) is 0 Å². The van der Waals surface area contributed by atoms with Crippen LogP contribution in [0.15, 0.2) is 36.7 Å². The van der Waals surface area contributed by atoms with E-state index in [2.05, 4.69) is 9.97 Å². The third kappa shape index (κ3) is 4.49. The van der Waals surface area contributed by atoms with Crippen LogP contribution in [-0.4, -0.2) is 30.7 Å². The Labute approximate surface area is 136 Å². The molecule has 0 amide bonds. The van der Waals surface area contributed by atoms with E-state index < -0.39 is 15.3 Å². The molecule has 1 aromatic carbocycles. The fourth-order valence-electron chi connectivity index (χ4n) is 2.35. The summed E-state index contributed by atoms with van der Waals surface area (Å²) in [6, 6.07) is 7.50. The van der Waals surface area contributed by atoms with Crippen molar-refractivity contribution in [2.24, 2.45) is 5.14 Å². The van der Waals surface area contributed by atoms with Gasteiger partial charge in [-0.1, -0.05) is 12.1 Å². The Bertz CT molecular complexity index is 743. The first-order valence-corrected chi connectivity index (χ1v) is 8.85. The minimum absolute atomic E-state index is 0.369. The number of aromatic nitrogens is 2. The van der Waals surface area contributed by atoms with Crippen molar-refractivity contribution in [2.75, 3.05) is 7.11 Å². The monoisotopic (exact) mass is 335 g/mol. The Morgan fingerprint density at radius 1 is 1.17 bits per heavy atom. The summed E-state index contributed by atoms with van der Waals surface area (Å²) in [6.07, 6.45) is 3.75. The van der Waals surface area contributed by atoms with E-state index in [4.69, 9.17) is 9.88 Å². The van der Waals surface area contributed by atoms with Gasteiger partial charge in [-0.25, -0.2) is 13.6 Å². The number of sulfonamides is 1. The van der Waals surface area contributed by atoms with Crippen LogP contribution in [0.4, 0.5) is 0 Å². The van der Waals surface area contributed by atoms with Crippen molar-refractivity contribution in [1.29, 1.82) is 0 Å². The Morgan fingerprint density at radius 2 is 1.83 bits per heavy atom. The second-order valence-corrected chi connectivity index (χ2v) is 7.46. The van der Waals surface area contributed by atoms with Gasteiger partial charge in [0.15, 0.2) is 0 Å². The van der Waals surface area contributed by atoms with E-state index in [9.17, 15) is 8.42 Å². The normalized spacial score (nSPS) is 14.3. The first kappa shape index (κ1) is 17.4. The average Bonchev–Trinajstić information content (AvgIpc) is 2.52. The molecule has 2 N–H and O–H groups in total. The summed E-state index contributed by atoms with van der Waals surface area (Å²) in [4.78, 5) is 8.55. The lowest BCUT2D eigenvalue weighted by molar-refractivity contribution is 0.414. The van der Waals surface area contributed by atoms with Crippen LogP contribution in [0, 0.1) is 6.92 Å². The molecule has 7 heteroatoms. The minimum Gasteiger partial charge on any atom is -0.497 e. The van der Waals surface area contributed by atoms with E-state index in [1.165, 1.54) is 0 Å². The Morgan fingerprint density at radius 3 is 2.30 bits per heavy atom. The van der Waals surface area contributed by atoms with Crippen molar-refractivity contribution in [3.05, 3.63) is 53.6 Å². The number of aryl methyl sites for hydroxylation is 1. The fourth-order valence-corrected chi connectivity index (χ4v) is 3.04. The molecule has 0 fully saturated rings. The minimum atomic E-state index is -3.69. The largest absolute Gasteiger partial charge is 0.497 e. The van der Waals surface area contributed by atoms with Crippen molar-refractivity contribution >= 4 is 10.0 Å². The summed E-state index contributed by atoms with van der Waals surface area (Å²) in [5.74, 6) is 0.381. The molecule has 2 atom stereocenters. The summed E-state index contributed by atoms with van der Waals surface area (Å²) >= 11 is 0. The van der Waals surface area contributed by atoms with Gasteiger partial charge in [0.1, 0.15) is 5.75 Å². The zero-order valence-corrected chi connectivity index (χ0v) is 14.2.